The molecule has 0 spiro atoms. The largest absolute Gasteiger partial charge is 0.378 e. The molecule has 7 nitrogen and oxygen atoms in total. The fraction of sp³-hybridized carbons (Fsp3) is 0.409. The van der Waals surface area contributed by atoms with Gasteiger partial charge in [-0.2, -0.15) is 0 Å². The third-order valence-corrected chi connectivity index (χ3v) is 5.46. The molecule has 0 unspecified atom stereocenters. The number of anilines is 1. The van der Waals surface area contributed by atoms with Gasteiger partial charge in [0.15, 0.2) is 0 Å². The van der Waals surface area contributed by atoms with Gasteiger partial charge in [-0.25, -0.2) is 0 Å². The van der Waals surface area contributed by atoms with Gasteiger partial charge in [-0.3, -0.25) is 14.6 Å². The lowest BCUT2D eigenvalue weighted by Gasteiger charge is -2.36. The van der Waals surface area contributed by atoms with E-state index < -0.39 is 0 Å². The van der Waals surface area contributed by atoms with E-state index in [9.17, 15) is 9.59 Å². The van der Waals surface area contributed by atoms with Crippen LogP contribution < -0.4 is 4.90 Å². The molecule has 3 heterocycles. The van der Waals surface area contributed by atoms with Crippen LogP contribution in [0, 0.1) is 6.92 Å². The molecule has 0 saturated carbocycles. The number of rotatable bonds is 3. The fourth-order valence-corrected chi connectivity index (χ4v) is 3.80. The average Bonchev–Trinajstić information content (AvgIpc) is 2.79. The maximum Gasteiger partial charge on any atom is 0.255 e. The number of carbonyl (C=O) groups is 2. The van der Waals surface area contributed by atoms with Crippen molar-refractivity contribution in [1.29, 1.82) is 0 Å². The Kier molecular flexibility index (Phi) is 5.76. The van der Waals surface area contributed by atoms with Gasteiger partial charge in [0, 0.05) is 57.3 Å². The first-order valence-corrected chi connectivity index (χ1v) is 10.0. The van der Waals surface area contributed by atoms with Crippen LogP contribution >= 0.6 is 0 Å². The summed E-state index contributed by atoms with van der Waals surface area (Å²) in [4.78, 5) is 35.7. The second-order valence-electron chi connectivity index (χ2n) is 7.49. The van der Waals surface area contributed by atoms with Crippen molar-refractivity contribution < 1.29 is 14.3 Å². The quantitative estimate of drug-likeness (QED) is 0.795. The van der Waals surface area contributed by atoms with Gasteiger partial charge in [0.25, 0.3) is 11.8 Å². The number of hydrogen-bond acceptors (Lipinski definition) is 5. The van der Waals surface area contributed by atoms with Crippen molar-refractivity contribution in [3.63, 3.8) is 0 Å². The number of aromatic nitrogens is 1. The molecule has 0 radical (unpaired) electrons. The van der Waals surface area contributed by atoms with Crippen LogP contribution in [0.1, 0.15) is 26.3 Å². The van der Waals surface area contributed by atoms with E-state index in [2.05, 4.69) is 41.1 Å². The Bertz CT molecular complexity index is 887. The zero-order chi connectivity index (χ0) is 20.2. The van der Waals surface area contributed by atoms with Gasteiger partial charge in [-0.05, 0) is 30.7 Å². The molecule has 7 heteroatoms. The standard InChI is InChI=1S/C22H26N4O3/c1-17-3-2-4-20(13-17)24-5-7-25(8-6-24)21(27)18-14-19(16-23-15-18)22(28)26-9-11-29-12-10-26/h2-4,13-16H,5-12H2,1H3. The SMILES string of the molecule is Cc1cccc(N2CCN(C(=O)c3cncc(C(=O)N4CCOCC4)c3)CC2)c1. The molecule has 2 saturated heterocycles. The summed E-state index contributed by atoms with van der Waals surface area (Å²) in [6.45, 7) is 7.18. The van der Waals surface area contributed by atoms with Crippen LogP contribution in [-0.4, -0.2) is 79.1 Å². The molecule has 0 atom stereocenters. The predicted octanol–water partition coefficient (Wildman–Crippen LogP) is 1.82. The van der Waals surface area contributed by atoms with Crippen molar-refractivity contribution in [3.8, 4) is 0 Å². The lowest BCUT2D eigenvalue weighted by Crippen LogP contribution is -2.48. The molecule has 0 aliphatic carbocycles. The number of amides is 2. The molecule has 2 aliphatic heterocycles. The van der Waals surface area contributed by atoms with Gasteiger partial charge in [0.2, 0.25) is 0 Å². The van der Waals surface area contributed by atoms with Crippen LogP contribution in [0.3, 0.4) is 0 Å². The van der Waals surface area contributed by atoms with E-state index in [0.717, 1.165) is 13.1 Å². The van der Waals surface area contributed by atoms with Crippen LogP contribution in [0.4, 0.5) is 5.69 Å². The number of morpholine rings is 1. The van der Waals surface area contributed by atoms with Crippen LogP contribution in [0.5, 0.6) is 0 Å². The molecule has 29 heavy (non-hydrogen) atoms. The number of piperazine rings is 1. The maximum absolute atomic E-state index is 13.0. The number of pyridine rings is 1. The minimum atomic E-state index is -0.0975. The average molecular weight is 394 g/mol. The molecule has 2 aromatic rings. The van der Waals surface area contributed by atoms with E-state index in [4.69, 9.17) is 4.74 Å². The van der Waals surface area contributed by atoms with E-state index >= 15 is 0 Å². The number of benzene rings is 1. The summed E-state index contributed by atoms with van der Waals surface area (Å²) in [5, 5.41) is 0. The van der Waals surface area contributed by atoms with Crippen LogP contribution in [-0.2, 0) is 4.74 Å². The highest BCUT2D eigenvalue weighted by Crippen LogP contribution is 2.19. The highest BCUT2D eigenvalue weighted by atomic mass is 16.5. The van der Waals surface area contributed by atoms with Gasteiger partial charge in [0.1, 0.15) is 0 Å². The van der Waals surface area contributed by atoms with Gasteiger partial charge in [-0.15, -0.1) is 0 Å². The molecule has 4 rings (SSSR count). The monoisotopic (exact) mass is 394 g/mol. The predicted molar refractivity (Wildman–Crippen MR) is 110 cm³/mol. The van der Waals surface area contributed by atoms with E-state index in [0.29, 0.717) is 50.5 Å². The third kappa shape index (κ3) is 4.40. The third-order valence-electron chi connectivity index (χ3n) is 5.46. The number of carbonyl (C=O) groups excluding carboxylic acids is 2. The van der Waals surface area contributed by atoms with Gasteiger partial charge < -0.3 is 19.4 Å². The van der Waals surface area contributed by atoms with Crippen molar-refractivity contribution in [2.45, 2.75) is 6.92 Å². The lowest BCUT2D eigenvalue weighted by atomic mass is 10.1. The van der Waals surface area contributed by atoms with Crippen molar-refractivity contribution in [1.82, 2.24) is 14.8 Å². The second kappa shape index (κ2) is 8.61. The first-order valence-electron chi connectivity index (χ1n) is 10.0. The Labute approximate surface area is 170 Å². The summed E-state index contributed by atoms with van der Waals surface area (Å²) in [6, 6.07) is 10.1. The molecule has 152 valence electrons. The number of aryl methyl sites for hydroxylation is 1. The van der Waals surface area contributed by atoms with Crippen molar-refractivity contribution in [3.05, 3.63) is 59.4 Å². The normalized spacial score (nSPS) is 17.3. The number of hydrogen-bond donors (Lipinski definition) is 0. The van der Waals surface area contributed by atoms with E-state index in [1.54, 1.807) is 17.2 Å². The van der Waals surface area contributed by atoms with Crippen LogP contribution in [0.2, 0.25) is 0 Å². The molecule has 0 N–H and O–H groups in total. The smallest absolute Gasteiger partial charge is 0.255 e. The minimum absolute atomic E-state index is 0.0713. The first kappa shape index (κ1) is 19.4. The van der Waals surface area contributed by atoms with E-state index in [1.807, 2.05) is 4.90 Å². The van der Waals surface area contributed by atoms with Crippen LogP contribution in [0.25, 0.3) is 0 Å². The zero-order valence-electron chi connectivity index (χ0n) is 16.7. The summed E-state index contributed by atoms with van der Waals surface area (Å²) in [5.74, 6) is -0.169. The lowest BCUT2D eigenvalue weighted by molar-refractivity contribution is 0.0302. The van der Waals surface area contributed by atoms with Gasteiger partial charge >= 0.3 is 0 Å². The summed E-state index contributed by atoms with van der Waals surface area (Å²) in [7, 11) is 0. The van der Waals surface area contributed by atoms with Crippen molar-refractivity contribution in [2.24, 2.45) is 0 Å². The summed E-state index contributed by atoms with van der Waals surface area (Å²) >= 11 is 0. The first-order chi connectivity index (χ1) is 14.1. The minimum Gasteiger partial charge on any atom is -0.378 e. The van der Waals surface area contributed by atoms with Gasteiger partial charge in [0.05, 0.1) is 24.3 Å². The van der Waals surface area contributed by atoms with Crippen LogP contribution in [0.15, 0.2) is 42.7 Å². The highest BCUT2D eigenvalue weighted by molar-refractivity contribution is 5.99. The Morgan fingerprint density at radius 3 is 2.10 bits per heavy atom. The Balaban J connectivity index is 1.40. The van der Waals surface area contributed by atoms with Crippen molar-refractivity contribution in [2.75, 3.05) is 57.4 Å². The Morgan fingerprint density at radius 1 is 0.862 bits per heavy atom. The second-order valence-corrected chi connectivity index (χ2v) is 7.49. The molecular weight excluding hydrogens is 368 g/mol. The Hall–Kier alpha value is -2.93. The number of nitrogens with zero attached hydrogens (tertiary/aromatic N) is 4. The maximum atomic E-state index is 13.0. The van der Waals surface area contributed by atoms with E-state index in [1.165, 1.54) is 17.4 Å². The summed E-state index contributed by atoms with van der Waals surface area (Å²) < 4.78 is 5.30. The molecular formula is C22H26N4O3. The molecule has 0 bridgehead atoms. The molecule has 2 amide bonds. The molecule has 2 fully saturated rings. The number of ether oxygens (including phenoxy) is 1. The zero-order valence-corrected chi connectivity index (χ0v) is 16.7. The van der Waals surface area contributed by atoms with E-state index in [-0.39, 0.29) is 11.8 Å². The topological polar surface area (TPSA) is 66.0 Å². The molecule has 1 aromatic heterocycles. The summed E-state index contributed by atoms with van der Waals surface area (Å²) in [6.07, 6.45) is 3.08. The van der Waals surface area contributed by atoms with Crippen molar-refractivity contribution >= 4 is 17.5 Å². The Morgan fingerprint density at radius 2 is 1.48 bits per heavy atom. The fourth-order valence-electron chi connectivity index (χ4n) is 3.80. The summed E-state index contributed by atoms with van der Waals surface area (Å²) in [5.41, 5.74) is 3.34. The molecule has 2 aliphatic rings. The van der Waals surface area contributed by atoms with Gasteiger partial charge in [-0.1, -0.05) is 12.1 Å². The molecule has 1 aromatic carbocycles. The highest BCUT2D eigenvalue weighted by Gasteiger charge is 2.24.